The summed E-state index contributed by atoms with van der Waals surface area (Å²) in [6.07, 6.45) is 0. The monoisotopic (exact) mass is 258 g/mol. The third-order valence-corrected chi connectivity index (χ3v) is 3.15. The summed E-state index contributed by atoms with van der Waals surface area (Å²) < 4.78 is 13.6. The summed E-state index contributed by atoms with van der Waals surface area (Å²) >= 11 is 0. The first-order valence-electron chi connectivity index (χ1n) is 6.47. The molecular formula is C16H19FN2. The third-order valence-electron chi connectivity index (χ3n) is 3.15. The summed E-state index contributed by atoms with van der Waals surface area (Å²) in [5.41, 5.74) is 9.52. The van der Waals surface area contributed by atoms with Gasteiger partial charge in [0.25, 0.3) is 0 Å². The van der Waals surface area contributed by atoms with E-state index in [1.54, 1.807) is 6.07 Å². The van der Waals surface area contributed by atoms with Crippen LogP contribution >= 0.6 is 0 Å². The van der Waals surface area contributed by atoms with Crippen molar-refractivity contribution in [2.45, 2.75) is 20.4 Å². The lowest BCUT2D eigenvalue weighted by Crippen LogP contribution is -2.16. The van der Waals surface area contributed by atoms with Gasteiger partial charge in [-0.25, -0.2) is 4.39 Å². The van der Waals surface area contributed by atoms with E-state index in [1.165, 1.54) is 11.6 Å². The molecule has 0 amide bonds. The van der Waals surface area contributed by atoms with Gasteiger partial charge in [-0.1, -0.05) is 17.7 Å². The molecule has 3 heteroatoms. The van der Waals surface area contributed by atoms with Gasteiger partial charge >= 0.3 is 0 Å². The second kappa shape index (κ2) is 5.85. The van der Waals surface area contributed by atoms with Crippen LogP contribution in [0.4, 0.5) is 15.8 Å². The molecule has 0 unspecified atom stereocenters. The minimum Gasteiger partial charge on any atom is -0.342 e. The van der Waals surface area contributed by atoms with E-state index >= 15 is 0 Å². The molecule has 0 saturated carbocycles. The number of anilines is 2. The van der Waals surface area contributed by atoms with E-state index in [1.807, 2.05) is 25.1 Å². The molecule has 0 aromatic heterocycles. The minimum absolute atomic E-state index is 0.247. The van der Waals surface area contributed by atoms with E-state index in [-0.39, 0.29) is 5.82 Å². The van der Waals surface area contributed by atoms with Gasteiger partial charge in [0, 0.05) is 24.5 Å². The van der Waals surface area contributed by atoms with Crippen LogP contribution in [0.5, 0.6) is 0 Å². The number of hydrogen-bond acceptors (Lipinski definition) is 2. The molecule has 2 aromatic carbocycles. The molecule has 0 aliphatic heterocycles. The third kappa shape index (κ3) is 3.12. The Balaban J connectivity index is 2.41. The molecule has 0 bridgehead atoms. The zero-order chi connectivity index (χ0) is 13.8. The molecule has 2 nitrogen and oxygen atoms in total. The van der Waals surface area contributed by atoms with Crippen LogP contribution < -0.4 is 10.6 Å². The van der Waals surface area contributed by atoms with Crippen LogP contribution in [0, 0.1) is 12.7 Å². The Labute approximate surface area is 113 Å². The van der Waals surface area contributed by atoms with Crippen LogP contribution in [-0.4, -0.2) is 6.54 Å². The fourth-order valence-electron chi connectivity index (χ4n) is 2.15. The Morgan fingerprint density at radius 2 is 1.74 bits per heavy atom. The van der Waals surface area contributed by atoms with Gasteiger partial charge in [-0.15, -0.1) is 0 Å². The van der Waals surface area contributed by atoms with E-state index in [4.69, 9.17) is 5.73 Å². The van der Waals surface area contributed by atoms with Crippen molar-refractivity contribution in [2.24, 2.45) is 5.73 Å². The van der Waals surface area contributed by atoms with Crippen LogP contribution in [-0.2, 0) is 6.54 Å². The Morgan fingerprint density at radius 1 is 1.05 bits per heavy atom. The zero-order valence-corrected chi connectivity index (χ0v) is 11.4. The van der Waals surface area contributed by atoms with Crippen molar-refractivity contribution < 1.29 is 4.39 Å². The highest BCUT2D eigenvalue weighted by molar-refractivity contribution is 5.64. The second-order valence-corrected chi connectivity index (χ2v) is 4.60. The molecule has 0 heterocycles. The van der Waals surface area contributed by atoms with Crippen LogP contribution in [0.1, 0.15) is 18.1 Å². The lowest BCUT2D eigenvalue weighted by atomic mass is 10.1. The quantitative estimate of drug-likeness (QED) is 0.905. The molecule has 0 spiro atoms. The van der Waals surface area contributed by atoms with Gasteiger partial charge in [-0.05, 0) is 49.7 Å². The molecule has 0 aliphatic rings. The second-order valence-electron chi connectivity index (χ2n) is 4.60. The van der Waals surface area contributed by atoms with Crippen molar-refractivity contribution in [3.63, 3.8) is 0 Å². The number of aryl methyl sites for hydroxylation is 1. The minimum atomic E-state index is -0.247. The smallest absolute Gasteiger partial charge is 0.125 e. The predicted octanol–water partition coefficient (Wildman–Crippen LogP) is 3.75. The Bertz CT molecular complexity index is 549. The van der Waals surface area contributed by atoms with E-state index in [0.29, 0.717) is 6.54 Å². The normalized spacial score (nSPS) is 10.5. The van der Waals surface area contributed by atoms with Gasteiger partial charge in [0.15, 0.2) is 0 Å². The number of nitrogens with two attached hydrogens (primary N) is 1. The van der Waals surface area contributed by atoms with Crippen molar-refractivity contribution in [3.8, 4) is 0 Å². The van der Waals surface area contributed by atoms with Gasteiger partial charge in [0.2, 0.25) is 0 Å². The van der Waals surface area contributed by atoms with Crippen molar-refractivity contribution in [2.75, 3.05) is 11.4 Å². The van der Waals surface area contributed by atoms with Gasteiger partial charge < -0.3 is 10.6 Å². The molecule has 0 aliphatic carbocycles. The summed E-state index contributed by atoms with van der Waals surface area (Å²) in [5.74, 6) is -0.247. The first-order valence-corrected chi connectivity index (χ1v) is 6.47. The molecule has 2 aromatic rings. The van der Waals surface area contributed by atoms with Gasteiger partial charge in [-0.2, -0.15) is 0 Å². The number of nitrogens with zero attached hydrogens (tertiary/aromatic N) is 1. The number of benzene rings is 2. The summed E-state index contributed by atoms with van der Waals surface area (Å²) in [4.78, 5) is 2.07. The fourth-order valence-corrected chi connectivity index (χ4v) is 2.15. The highest BCUT2D eigenvalue weighted by Gasteiger charge is 2.09. The molecule has 0 fully saturated rings. The highest BCUT2D eigenvalue weighted by atomic mass is 19.1. The SMILES string of the molecule is CCN(c1ccc(C)cc1)c1cc(F)cc(CN)c1. The van der Waals surface area contributed by atoms with Crippen LogP contribution in [0.15, 0.2) is 42.5 Å². The van der Waals surface area contributed by atoms with E-state index in [2.05, 4.69) is 24.0 Å². The summed E-state index contributed by atoms with van der Waals surface area (Å²) in [6, 6.07) is 13.2. The average Bonchev–Trinajstić information content (AvgIpc) is 2.41. The number of hydrogen-bond donors (Lipinski definition) is 1. The number of rotatable bonds is 4. The molecule has 0 saturated heterocycles. The first-order chi connectivity index (χ1) is 9.13. The van der Waals surface area contributed by atoms with E-state index in [9.17, 15) is 4.39 Å². The van der Waals surface area contributed by atoms with Crippen LogP contribution in [0.2, 0.25) is 0 Å². The van der Waals surface area contributed by atoms with Gasteiger partial charge in [-0.3, -0.25) is 0 Å². The van der Waals surface area contributed by atoms with E-state index < -0.39 is 0 Å². The maximum atomic E-state index is 13.6. The van der Waals surface area contributed by atoms with Crippen LogP contribution in [0.25, 0.3) is 0 Å². The van der Waals surface area contributed by atoms with Crippen molar-refractivity contribution in [1.29, 1.82) is 0 Å². The average molecular weight is 258 g/mol. The maximum Gasteiger partial charge on any atom is 0.125 e. The summed E-state index contributed by atoms with van der Waals surface area (Å²) in [6.45, 7) is 5.22. The van der Waals surface area contributed by atoms with Crippen molar-refractivity contribution in [3.05, 3.63) is 59.4 Å². The Hall–Kier alpha value is -1.87. The zero-order valence-electron chi connectivity index (χ0n) is 11.4. The maximum absolute atomic E-state index is 13.6. The summed E-state index contributed by atoms with van der Waals surface area (Å²) in [7, 11) is 0. The lowest BCUT2D eigenvalue weighted by Gasteiger charge is -2.24. The molecule has 2 N–H and O–H groups in total. The Morgan fingerprint density at radius 3 is 2.32 bits per heavy atom. The van der Waals surface area contributed by atoms with Crippen molar-refractivity contribution >= 4 is 11.4 Å². The molecule has 2 rings (SSSR count). The van der Waals surface area contributed by atoms with Gasteiger partial charge in [0.05, 0.1) is 0 Å². The lowest BCUT2D eigenvalue weighted by molar-refractivity contribution is 0.625. The largest absolute Gasteiger partial charge is 0.342 e. The standard InChI is InChI=1S/C16H19FN2/c1-3-19(15-6-4-12(2)5-7-15)16-9-13(11-18)8-14(17)10-16/h4-10H,3,11,18H2,1-2H3. The fraction of sp³-hybridized carbons (Fsp3) is 0.250. The molecule has 0 radical (unpaired) electrons. The molecular weight excluding hydrogens is 239 g/mol. The molecule has 19 heavy (non-hydrogen) atoms. The Kier molecular flexibility index (Phi) is 4.17. The van der Waals surface area contributed by atoms with Crippen LogP contribution in [0.3, 0.4) is 0 Å². The molecule has 100 valence electrons. The van der Waals surface area contributed by atoms with Crippen molar-refractivity contribution in [1.82, 2.24) is 0 Å². The van der Waals surface area contributed by atoms with E-state index in [0.717, 1.165) is 23.5 Å². The number of halogens is 1. The highest BCUT2D eigenvalue weighted by Crippen LogP contribution is 2.27. The predicted molar refractivity (Wildman–Crippen MR) is 78.2 cm³/mol. The first kappa shape index (κ1) is 13.6. The summed E-state index contributed by atoms with van der Waals surface area (Å²) in [5, 5.41) is 0. The topological polar surface area (TPSA) is 29.3 Å². The molecule has 0 atom stereocenters. The van der Waals surface area contributed by atoms with Gasteiger partial charge in [0.1, 0.15) is 5.82 Å².